The number of nitrogens with zero attached hydrogens (tertiary/aromatic N) is 2. The van der Waals surface area contributed by atoms with Gasteiger partial charge in [-0.25, -0.2) is 9.89 Å². The molecule has 2 unspecified atom stereocenters. The van der Waals surface area contributed by atoms with Gasteiger partial charge >= 0.3 is 5.69 Å². The molecule has 5 N–H and O–H groups in total. The van der Waals surface area contributed by atoms with Gasteiger partial charge in [-0.1, -0.05) is 18.7 Å². The molecule has 0 saturated carbocycles. The van der Waals surface area contributed by atoms with E-state index in [9.17, 15) is 9.59 Å². The number of nitrogens with two attached hydrogens (primary N) is 2. The number of hydrogen-bond donors (Lipinski definition) is 3. The molecule has 108 valence electrons. The maximum atomic E-state index is 11.6. The summed E-state index contributed by atoms with van der Waals surface area (Å²) >= 11 is 1.40. The van der Waals surface area contributed by atoms with Crippen molar-refractivity contribution in [2.24, 2.45) is 11.5 Å². The first-order valence-electron chi connectivity index (χ1n) is 6.07. The molecular formula is C11H21N5O2S. The Morgan fingerprint density at radius 3 is 2.58 bits per heavy atom. The molecule has 1 aromatic rings. The summed E-state index contributed by atoms with van der Waals surface area (Å²) in [5.41, 5.74) is 9.77. The van der Waals surface area contributed by atoms with E-state index in [0.717, 1.165) is 0 Å². The first-order chi connectivity index (χ1) is 8.65. The number of rotatable bonds is 6. The lowest BCUT2D eigenvalue weighted by atomic mass is 9.97. The van der Waals surface area contributed by atoms with Gasteiger partial charge in [-0.2, -0.15) is 0 Å². The number of aromatic amines is 1. The van der Waals surface area contributed by atoms with Gasteiger partial charge in [-0.05, 0) is 27.2 Å². The molecule has 0 spiro atoms. The van der Waals surface area contributed by atoms with Gasteiger partial charge in [0.1, 0.15) is 0 Å². The lowest BCUT2D eigenvalue weighted by molar-refractivity contribution is -0.122. The lowest BCUT2D eigenvalue weighted by Crippen LogP contribution is -2.50. The largest absolute Gasteiger partial charge is 0.368 e. The van der Waals surface area contributed by atoms with Crippen LogP contribution in [0.1, 0.15) is 40.2 Å². The molecule has 0 fully saturated rings. The zero-order chi connectivity index (χ0) is 14.8. The minimum absolute atomic E-state index is 0.00944. The van der Waals surface area contributed by atoms with Crippen LogP contribution >= 0.6 is 11.8 Å². The van der Waals surface area contributed by atoms with Gasteiger partial charge in [0.05, 0.1) is 5.54 Å². The van der Waals surface area contributed by atoms with Crippen LogP contribution in [0.15, 0.2) is 9.95 Å². The number of carbonyl (C=O) groups excluding carboxylic acids is 1. The number of carbonyl (C=O) groups is 1. The number of nitrogens with one attached hydrogen (secondary N) is 1. The molecule has 0 saturated heterocycles. The van der Waals surface area contributed by atoms with Crippen LogP contribution in [0, 0.1) is 0 Å². The predicted molar refractivity (Wildman–Crippen MR) is 75.0 cm³/mol. The second-order valence-electron chi connectivity index (χ2n) is 5.19. The van der Waals surface area contributed by atoms with Crippen molar-refractivity contribution in [1.29, 1.82) is 0 Å². The Hall–Kier alpha value is -1.28. The topological polar surface area (TPSA) is 120 Å². The van der Waals surface area contributed by atoms with E-state index in [2.05, 4.69) is 10.2 Å². The third-order valence-corrected chi connectivity index (χ3v) is 3.84. The average molecular weight is 287 g/mol. The second-order valence-corrected chi connectivity index (χ2v) is 6.59. The van der Waals surface area contributed by atoms with Crippen LogP contribution in [0.25, 0.3) is 0 Å². The Kier molecular flexibility index (Phi) is 4.81. The molecular weight excluding hydrogens is 266 g/mol. The summed E-state index contributed by atoms with van der Waals surface area (Å²) in [6.45, 7) is 7.33. The number of hydrogen-bond acceptors (Lipinski definition) is 5. The van der Waals surface area contributed by atoms with Crippen molar-refractivity contribution < 1.29 is 4.79 Å². The van der Waals surface area contributed by atoms with E-state index >= 15 is 0 Å². The summed E-state index contributed by atoms with van der Waals surface area (Å²) in [7, 11) is 0. The van der Waals surface area contributed by atoms with E-state index < -0.39 is 11.4 Å². The molecule has 2 atom stereocenters. The third kappa shape index (κ3) is 3.84. The molecule has 1 amide bonds. The van der Waals surface area contributed by atoms with E-state index in [4.69, 9.17) is 11.5 Å². The van der Waals surface area contributed by atoms with Crippen molar-refractivity contribution in [1.82, 2.24) is 14.8 Å². The van der Waals surface area contributed by atoms with Crippen LogP contribution in [0.4, 0.5) is 0 Å². The molecule has 0 aliphatic rings. The van der Waals surface area contributed by atoms with Crippen LogP contribution < -0.4 is 17.2 Å². The molecule has 0 radical (unpaired) electrons. The van der Waals surface area contributed by atoms with E-state index in [1.165, 1.54) is 11.8 Å². The molecule has 1 aromatic heterocycles. The highest BCUT2D eigenvalue weighted by atomic mass is 32.2. The van der Waals surface area contributed by atoms with Crippen molar-refractivity contribution in [3.05, 3.63) is 10.5 Å². The number of thioether (sulfide) groups is 1. The number of amides is 1. The standard InChI is InChI=1S/C11H21N5O2S/c1-6(2)16-9(18)14-15-10(16)19-7(3)5-11(4,13)8(12)17/h6-7H,5,13H2,1-4H3,(H2,12,17)(H,14,18). The van der Waals surface area contributed by atoms with Gasteiger partial charge in [-0.3, -0.25) is 9.36 Å². The summed E-state index contributed by atoms with van der Waals surface area (Å²) < 4.78 is 1.57. The number of aromatic nitrogens is 3. The SMILES string of the molecule is CC(CC(C)(N)C(N)=O)Sc1n[nH]c(=O)n1C(C)C. The predicted octanol–water partition coefficient (Wildman–Crippen LogP) is 0.226. The molecule has 0 aromatic carbocycles. The lowest BCUT2D eigenvalue weighted by Gasteiger charge is -2.24. The maximum absolute atomic E-state index is 11.6. The van der Waals surface area contributed by atoms with Crippen molar-refractivity contribution in [2.75, 3.05) is 0 Å². The zero-order valence-electron chi connectivity index (χ0n) is 11.6. The van der Waals surface area contributed by atoms with Gasteiger partial charge < -0.3 is 11.5 Å². The van der Waals surface area contributed by atoms with Crippen LogP contribution in [0.5, 0.6) is 0 Å². The monoisotopic (exact) mass is 287 g/mol. The summed E-state index contributed by atoms with van der Waals surface area (Å²) in [4.78, 5) is 22.8. The minimum Gasteiger partial charge on any atom is -0.368 e. The van der Waals surface area contributed by atoms with E-state index in [-0.39, 0.29) is 17.0 Å². The number of H-pyrrole nitrogens is 1. The molecule has 0 bridgehead atoms. The Morgan fingerprint density at radius 2 is 2.11 bits per heavy atom. The smallest absolute Gasteiger partial charge is 0.344 e. The Balaban J connectivity index is 2.81. The van der Waals surface area contributed by atoms with E-state index in [0.29, 0.717) is 11.6 Å². The quantitative estimate of drug-likeness (QED) is 0.647. The molecule has 0 aliphatic heterocycles. The first-order valence-corrected chi connectivity index (χ1v) is 6.95. The Bertz CT molecular complexity index is 505. The van der Waals surface area contributed by atoms with Crippen molar-refractivity contribution in [3.63, 3.8) is 0 Å². The van der Waals surface area contributed by atoms with Crippen molar-refractivity contribution >= 4 is 17.7 Å². The fourth-order valence-corrected chi connectivity index (χ4v) is 3.04. The van der Waals surface area contributed by atoms with Gasteiger partial charge in [0.2, 0.25) is 5.91 Å². The maximum Gasteiger partial charge on any atom is 0.344 e. The first kappa shape index (κ1) is 15.8. The minimum atomic E-state index is -1.06. The highest BCUT2D eigenvalue weighted by Crippen LogP contribution is 2.26. The van der Waals surface area contributed by atoms with Gasteiger partial charge in [0.25, 0.3) is 0 Å². The molecule has 8 heteroatoms. The molecule has 7 nitrogen and oxygen atoms in total. The van der Waals surface area contributed by atoms with E-state index in [1.54, 1.807) is 11.5 Å². The highest BCUT2D eigenvalue weighted by Gasteiger charge is 2.29. The fraction of sp³-hybridized carbons (Fsp3) is 0.727. The van der Waals surface area contributed by atoms with Gasteiger partial charge in [-0.15, -0.1) is 5.10 Å². The van der Waals surface area contributed by atoms with Crippen LogP contribution in [0.3, 0.4) is 0 Å². The molecule has 0 aliphatic carbocycles. The Labute approximate surface area is 116 Å². The highest BCUT2D eigenvalue weighted by molar-refractivity contribution is 7.99. The summed E-state index contributed by atoms with van der Waals surface area (Å²) in [6, 6.07) is 0.0151. The molecule has 1 rings (SSSR count). The summed E-state index contributed by atoms with van der Waals surface area (Å²) in [6.07, 6.45) is 0.409. The molecule has 1 heterocycles. The van der Waals surface area contributed by atoms with Crippen molar-refractivity contribution in [3.8, 4) is 0 Å². The van der Waals surface area contributed by atoms with Gasteiger partial charge in [0, 0.05) is 11.3 Å². The van der Waals surface area contributed by atoms with Crippen LogP contribution in [0.2, 0.25) is 0 Å². The normalized spacial score (nSPS) is 16.3. The summed E-state index contributed by atoms with van der Waals surface area (Å²) in [5, 5.41) is 7.01. The van der Waals surface area contributed by atoms with Crippen LogP contribution in [-0.4, -0.2) is 31.5 Å². The number of primary amides is 1. The average Bonchev–Trinajstić information content (AvgIpc) is 2.58. The van der Waals surface area contributed by atoms with E-state index in [1.807, 2.05) is 20.8 Å². The zero-order valence-corrected chi connectivity index (χ0v) is 12.5. The van der Waals surface area contributed by atoms with Crippen molar-refractivity contribution in [2.45, 2.75) is 56.1 Å². The fourth-order valence-electron chi connectivity index (χ4n) is 1.75. The molecule has 19 heavy (non-hydrogen) atoms. The summed E-state index contributed by atoms with van der Waals surface area (Å²) in [5.74, 6) is -0.539. The Morgan fingerprint density at radius 1 is 1.53 bits per heavy atom. The van der Waals surface area contributed by atoms with Gasteiger partial charge in [0.15, 0.2) is 5.16 Å². The second kappa shape index (κ2) is 5.79. The third-order valence-electron chi connectivity index (χ3n) is 2.77. The van der Waals surface area contributed by atoms with Crippen LogP contribution in [-0.2, 0) is 4.79 Å².